The molecule has 0 bridgehead atoms. The number of aryl methyl sites for hydroxylation is 1. The largest absolute Gasteiger partial charge is 0.396 e. The van der Waals surface area contributed by atoms with Crippen LogP contribution in [0, 0.1) is 12.3 Å². The van der Waals surface area contributed by atoms with Crippen LogP contribution in [0.3, 0.4) is 0 Å². The number of anilines is 1. The average molecular weight is 443 g/mol. The Bertz CT molecular complexity index is 945. The van der Waals surface area contributed by atoms with E-state index in [0.29, 0.717) is 40.6 Å². The highest BCUT2D eigenvalue weighted by Gasteiger charge is 2.30. The summed E-state index contributed by atoms with van der Waals surface area (Å²) in [6.07, 6.45) is 3.15. The molecule has 1 heterocycles. The van der Waals surface area contributed by atoms with Gasteiger partial charge in [0.15, 0.2) is 5.12 Å². The van der Waals surface area contributed by atoms with Gasteiger partial charge in [-0.15, -0.1) is 0 Å². The molecule has 0 radical (unpaired) electrons. The molecule has 0 fully saturated rings. The fraction of sp³-hybridized carbons (Fsp3) is 0.391. The molecule has 8 heteroatoms. The average Bonchev–Trinajstić information content (AvgIpc) is 2.73. The van der Waals surface area contributed by atoms with Gasteiger partial charge in [-0.2, -0.15) is 0 Å². The van der Waals surface area contributed by atoms with Crippen LogP contribution in [0.25, 0.3) is 0 Å². The molecule has 3 N–H and O–H groups in total. The minimum atomic E-state index is -0.617. The first-order chi connectivity index (χ1) is 14.7. The topological polar surface area (TPSA) is 109 Å². The van der Waals surface area contributed by atoms with E-state index in [-0.39, 0.29) is 24.7 Å². The molecule has 2 aromatic rings. The number of carbonyl (C=O) groups excluding carboxylic acids is 2. The highest BCUT2D eigenvalue weighted by Crippen LogP contribution is 2.35. The number of aliphatic hydroxyl groups is 1. The summed E-state index contributed by atoms with van der Waals surface area (Å²) in [7, 11) is 0. The minimum Gasteiger partial charge on any atom is -0.396 e. The fourth-order valence-corrected chi connectivity index (χ4v) is 4.08. The van der Waals surface area contributed by atoms with Crippen molar-refractivity contribution in [1.29, 1.82) is 0 Å². The Balaban J connectivity index is 2.23. The highest BCUT2D eigenvalue weighted by atomic mass is 32.2. The first-order valence-corrected chi connectivity index (χ1v) is 10.9. The van der Waals surface area contributed by atoms with Crippen molar-refractivity contribution in [1.82, 2.24) is 14.9 Å². The fourth-order valence-electron chi connectivity index (χ4n) is 3.05. The molecule has 166 valence electrons. The molecule has 2 rings (SSSR count). The summed E-state index contributed by atoms with van der Waals surface area (Å²) in [5.41, 5.74) is 7.63. The monoisotopic (exact) mass is 442 g/mol. The van der Waals surface area contributed by atoms with Gasteiger partial charge in [-0.3, -0.25) is 9.59 Å². The number of hydrogen-bond acceptors (Lipinski definition) is 7. The Hall–Kier alpha value is -2.71. The second-order valence-electron chi connectivity index (χ2n) is 7.98. The Labute approximate surface area is 187 Å². The highest BCUT2D eigenvalue weighted by molar-refractivity contribution is 8.17. The number of rotatable bonds is 10. The SMILES string of the molecule is C/C(=C(\CCO)SC(=O)C(C)(C)Cc1ccccc1)N(C=O)Cc1cnc(C)nc1N. The number of nitrogens with two attached hydrogens (primary N) is 1. The van der Waals surface area contributed by atoms with Crippen LogP contribution in [0.2, 0.25) is 0 Å². The van der Waals surface area contributed by atoms with Crippen LogP contribution in [0.1, 0.15) is 44.1 Å². The van der Waals surface area contributed by atoms with Crippen molar-refractivity contribution >= 4 is 29.1 Å². The van der Waals surface area contributed by atoms with E-state index in [9.17, 15) is 14.7 Å². The maximum atomic E-state index is 13.1. The van der Waals surface area contributed by atoms with E-state index in [2.05, 4.69) is 9.97 Å². The van der Waals surface area contributed by atoms with E-state index in [1.165, 1.54) is 4.90 Å². The lowest BCUT2D eigenvalue weighted by atomic mass is 9.87. The Morgan fingerprint density at radius 1 is 1.29 bits per heavy atom. The van der Waals surface area contributed by atoms with Crippen molar-refractivity contribution in [2.45, 2.75) is 47.1 Å². The Morgan fingerprint density at radius 3 is 2.55 bits per heavy atom. The summed E-state index contributed by atoms with van der Waals surface area (Å²) >= 11 is 1.08. The van der Waals surface area contributed by atoms with Crippen LogP contribution in [0.4, 0.5) is 5.82 Å². The number of benzene rings is 1. The summed E-state index contributed by atoms with van der Waals surface area (Å²) in [6.45, 7) is 7.36. The first-order valence-electron chi connectivity index (χ1n) is 10.0. The minimum absolute atomic E-state index is 0.0248. The maximum Gasteiger partial charge on any atom is 0.214 e. The molecule has 0 atom stereocenters. The summed E-state index contributed by atoms with van der Waals surface area (Å²) in [5, 5.41) is 9.52. The number of allylic oxidation sites excluding steroid dienone is 1. The number of aliphatic hydroxyl groups excluding tert-OH is 1. The molecule has 1 amide bonds. The van der Waals surface area contributed by atoms with Crippen LogP contribution < -0.4 is 5.73 Å². The van der Waals surface area contributed by atoms with Gasteiger partial charge >= 0.3 is 0 Å². The second-order valence-corrected chi connectivity index (χ2v) is 9.05. The number of aromatic nitrogens is 2. The summed E-state index contributed by atoms with van der Waals surface area (Å²) < 4.78 is 0. The van der Waals surface area contributed by atoms with Crippen molar-refractivity contribution in [3.8, 4) is 0 Å². The van der Waals surface area contributed by atoms with E-state index < -0.39 is 5.41 Å². The molecular formula is C23H30N4O3S. The van der Waals surface area contributed by atoms with Gasteiger partial charge in [-0.05, 0) is 25.8 Å². The van der Waals surface area contributed by atoms with Gasteiger partial charge in [0.25, 0.3) is 0 Å². The summed E-state index contributed by atoms with van der Waals surface area (Å²) in [6, 6.07) is 9.84. The molecular weight excluding hydrogens is 412 g/mol. The zero-order chi connectivity index (χ0) is 23.0. The van der Waals surface area contributed by atoms with Crippen molar-refractivity contribution in [2.75, 3.05) is 12.3 Å². The molecule has 1 aromatic heterocycles. The molecule has 0 aliphatic carbocycles. The van der Waals surface area contributed by atoms with Gasteiger partial charge in [-0.1, -0.05) is 55.9 Å². The van der Waals surface area contributed by atoms with Crippen LogP contribution >= 0.6 is 11.8 Å². The quantitative estimate of drug-likeness (QED) is 0.542. The zero-order valence-corrected chi connectivity index (χ0v) is 19.3. The molecule has 1 aromatic carbocycles. The molecule has 0 aliphatic heterocycles. The van der Waals surface area contributed by atoms with Crippen molar-refractivity contribution < 1.29 is 14.7 Å². The second kappa shape index (κ2) is 11.1. The van der Waals surface area contributed by atoms with E-state index in [0.717, 1.165) is 17.3 Å². The van der Waals surface area contributed by atoms with Gasteiger partial charge in [0.05, 0.1) is 6.54 Å². The third-order valence-corrected chi connectivity index (χ3v) is 6.40. The van der Waals surface area contributed by atoms with Crippen molar-refractivity contribution in [3.63, 3.8) is 0 Å². The number of thioether (sulfide) groups is 1. The Kier molecular flexibility index (Phi) is 8.76. The van der Waals surface area contributed by atoms with E-state index in [1.807, 2.05) is 44.2 Å². The Morgan fingerprint density at radius 2 is 1.97 bits per heavy atom. The first kappa shape index (κ1) is 24.6. The standard InChI is InChI=1S/C23H30N4O3S/c1-16(27(15-29)14-19-13-25-17(2)26-21(19)24)20(10-11-28)31-22(30)23(3,4)12-18-8-6-5-7-9-18/h5-9,13,15,28H,10-12,14H2,1-4H3,(H2,24,25,26)/b20-16-. The lowest BCUT2D eigenvalue weighted by Crippen LogP contribution is -2.26. The van der Waals surface area contributed by atoms with Gasteiger partial charge in [-0.25, -0.2) is 9.97 Å². The van der Waals surface area contributed by atoms with Gasteiger partial charge in [0.1, 0.15) is 11.6 Å². The van der Waals surface area contributed by atoms with Crippen LogP contribution in [0.5, 0.6) is 0 Å². The zero-order valence-electron chi connectivity index (χ0n) is 18.5. The normalized spacial score (nSPS) is 12.3. The van der Waals surface area contributed by atoms with E-state index in [4.69, 9.17) is 5.73 Å². The molecule has 0 aliphatic rings. The lowest BCUT2D eigenvalue weighted by molar-refractivity contribution is -0.118. The molecule has 0 spiro atoms. The van der Waals surface area contributed by atoms with E-state index >= 15 is 0 Å². The summed E-state index contributed by atoms with van der Waals surface area (Å²) in [4.78, 5) is 35.3. The number of amides is 1. The van der Waals surface area contributed by atoms with Crippen molar-refractivity contribution in [2.24, 2.45) is 5.41 Å². The van der Waals surface area contributed by atoms with Gasteiger partial charge in [0, 0.05) is 40.8 Å². The van der Waals surface area contributed by atoms with Crippen LogP contribution in [-0.4, -0.2) is 38.1 Å². The smallest absolute Gasteiger partial charge is 0.214 e. The maximum absolute atomic E-state index is 13.1. The van der Waals surface area contributed by atoms with Gasteiger partial charge in [0.2, 0.25) is 6.41 Å². The van der Waals surface area contributed by atoms with Crippen molar-refractivity contribution in [3.05, 3.63) is 64.1 Å². The molecule has 0 saturated carbocycles. The number of carbonyl (C=O) groups is 2. The predicted molar refractivity (Wildman–Crippen MR) is 124 cm³/mol. The number of nitrogens with zero attached hydrogens (tertiary/aromatic N) is 3. The van der Waals surface area contributed by atoms with Gasteiger partial charge < -0.3 is 15.7 Å². The predicted octanol–water partition coefficient (Wildman–Crippen LogP) is 3.47. The van der Waals surface area contributed by atoms with Crippen LogP contribution in [-0.2, 0) is 22.6 Å². The molecule has 0 unspecified atom stereocenters. The number of hydrogen-bond donors (Lipinski definition) is 2. The molecule has 7 nitrogen and oxygen atoms in total. The lowest BCUT2D eigenvalue weighted by Gasteiger charge is -2.26. The molecule has 31 heavy (non-hydrogen) atoms. The van der Waals surface area contributed by atoms with E-state index in [1.54, 1.807) is 20.0 Å². The molecule has 0 saturated heterocycles. The third-order valence-electron chi connectivity index (χ3n) is 4.92. The summed E-state index contributed by atoms with van der Waals surface area (Å²) in [5.74, 6) is 0.859. The number of nitrogen functional groups attached to an aromatic ring is 1. The third kappa shape index (κ3) is 6.90. The van der Waals surface area contributed by atoms with Crippen LogP contribution in [0.15, 0.2) is 47.1 Å².